The summed E-state index contributed by atoms with van der Waals surface area (Å²) < 4.78 is 10.9. The molecule has 0 aliphatic rings. The van der Waals surface area contributed by atoms with Crippen LogP contribution in [-0.2, 0) is 12.2 Å². The molecular weight excluding hydrogens is 420 g/mol. The fourth-order valence-electron chi connectivity index (χ4n) is 3.40. The van der Waals surface area contributed by atoms with E-state index in [1.54, 1.807) is 11.8 Å². The number of hydrogen-bond donors (Lipinski definition) is 1. The van der Waals surface area contributed by atoms with E-state index in [4.69, 9.17) is 9.26 Å². The normalized spacial score (nSPS) is 12.1. The van der Waals surface area contributed by atoms with Crippen LogP contribution in [-0.4, -0.2) is 23.2 Å². The summed E-state index contributed by atoms with van der Waals surface area (Å²) in [7, 11) is 0. The number of benzene rings is 2. The number of rotatable bonds is 10. The zero-order valence-corrected chi connectivity index (χ0v) is 20.3. The van der Waals surface area contributed by atoms with Crippen molar-refractivity contribution in [3.8, 4) is 5.75 Å². The van der Waals surface area contributed by atoms with E-state index in [9.17, 15) is 4.79 Å². The molecule has 3 aromatic rings. The van der Waals surface area contributed by atoms with Crippen LogP contribution in [0.25, 0.3) is 0 Å². The van der Waals surface area contributed by atoms with Crippen LogP contribution in [0.1, 0.15) is 60.1 Å². The fourth-order valence-corrected chi connectivity index (χ4v) is 4.60. The van der Waals surface area contributed by atoms with Gasteiger partial charge in [0.15, 0.2) is 0 Å². The van der Waals surface area contributed by atoms with Gasteiger partial charge in [0.2, 0.25) is 0 Å². The van der Waals surface area contributed by atoms with Gasteiger partial charge in [-0.25, -0.2) is 0 Å². The Hall–Kier alpha value is -2.73. The van der Waals surface area contributed by atoms with E-state index < -0.39 is 0 Å². The van der Waals surface area contributed by atoms with Gasteiger partial charge in [-0.1, -0.05) is 29.4 Å². The van der Waals surface area contributed by atoms with Gasteiger partial charge in [0.25, 0.3) is 5.91 Å². The Morgan fingerprint density at radius 2 is 1.81 bits per heavy atom. The second-order valence-corrected chi connectivity index (χ2v) is 9.33. The predicted octanol–water partition coefficient (Wildman–Crippen LogP) is 6.12. The van der Waals surface area contributed by atoms with Crippen molar-refractivity contribution in [1.29, 1.82) is 0 Å². The highest BCUT2D eigenvalue weighted by Crippen LogP contribution is 2.29. The number of nitrogens with one attached hydrogen (secondary N) is 1. The van der Waals surface area contributed by atoms with Crippen LogP contribution in [0.4, 0.5) is 0 Å². The molecule has 0 aliphatic heterocycles. The first-order valence-electron chi connectivity index (χ1n) is 11.0. The zero-order valence-electron chi connectivity index (χ0n) is 19.5. The van der Waals surface area contributed by atoms with Gasteiger partial charge in [-0.05, 0) is 77.3 Å². The molecule has 32 heavy (non-hydrogen) atoms. The molecule has 1 amide bonds. The predicted molar refractivity (Wildman–Crippen MR) is 129 cm³/mol. The van der Waals surface area contributed by atoms with Crippen LogP contribution in [0.2, 0.25) is 0 Å². The van der Waals surface area contributed by atoms with Crippen LogP contribution < -0.4 is 10.1 Å². The number of carbonyl (C=O) groups is 1. The lowest BCUT2D eigenvalue weighted by Crippen LogP contribution is -2.33. The van der Waals surface area contributed by atoms with Crippen molar-refractivity contribution in [1.82, 2.24) is 10.5 Å². The SMILES string of the molecule is Cc1noc(C)c1CSc1ccccc1C(=O)NC(C)CCc1ccc(OC(C)C)cc1. The number of nitrogens with zero attached hydrogens (tertiary/aromatic N) is 1. The second kappa shape index (κ2) is 11.2. The highest BCUT2D eigenvalue weighted by molar-refractivity contribution is 7.98. The van der Waals surface area contributed by atoms with Crippen molar-refractivity contribution in [2.75, 3.05) is 0 Å². The number of aromatic nitrogens is 1. The van der Waals surface area contributed by atoms with E-state index in [1.807, 2.05) is 71.0 Å². The number of aryl methyl sites for hydroxylation is 3. The number of amides is 1. The van der Waals surface area contributed by atoms with E-state index in [0.29, 0.717) is 5.56 Å². The van der Waals surface area contributed by atoms with Gasteiger partial charge in [-0.3, -0.25) is 4.79 Å². The van der Waals surface area contributed by atoms with Crippen molar-refractivity contribution in [2.24, 2.45) is 0 Å². The van der Waals surface area contributed by atoms with Crippen molar-refractivity contribution in [3.63, 3.8) is 0 Å². The molecule has 1 atom stereocenters. The van der Waals surface area contributed by atoms with Crippen LogP contribution >= 0.6 is 11.8 Å². The Kier molecular flexibility index (Phi) is 8.39. The molecule has 3 rings (SSSR count). The molecular formula is C26H32N2O3S. The third-order valence-corrected chi connectivity index (χ3v) is 6.32. The maximum atomic E-state index is 13.0. The summed E-state index contributed by atoms with van der Waals surface area (Å²) in [6.45, 7) is 9.95. The van der Waals surface area contributed by atoms with Crippen LogP contribution in [0.3, 0.4) is 0 Å². The largest absolute Gasteiger partial charge is 0.491 e. The van der Waals surface area contributed by atoms with Crippen LogP contribution in [0.5, 0.6) is 5.75 Å². The quantitative estimate of drug-likeness (QED) is 0.375. The topological polar surface area (TPSA) is 64.4 Å². The molecule has 0 fully saturated rings. The Bertz CT molecular complexity index is 1010. The van der Waals surface area contributed by atoms with E-state index in [2.05, 4.69) is 22.6 Å². The lowest BCUT2D eigenvalue weighted by Gasteiger charge is -2.16. The van der Waals surface area contributed by atoms with Gasteiger partial charge in [0, 0.05) is 22.3 Å². The summed E-state index contributed by atoms with van der Waals surface area (Å²) in [5.74, 6) is 2.39. The van der Waals surface area contributed by atoms with E-state index in [0.717, 1.165) is 46.3 Å². The second-order valence-electron chi connectivity index (χ2n) is 8.31. The van der Waals surface area contributed by atoms with E-state index in [1.165, 1.54) is 5.56 Å². The minimum atomic E-state index is -0.0416. The summed E-state index contributed by atoms with van der Waals surface area (Å²) in [6, 6.07) is 16.0. The van der Waals surface area contributed by atoms with Gasteiger partial charge < -0.3 is 14.6 Å². The third-order valence-electron chi connectivity index (χ3n) is 5.22. The first kappa shape index (κ1) is 23.9. The molecule has 1 heterocycles. The number of ether oxygens (including phenoxy) is 1. The molecule has 0 spiro atoms. The fraction of sp³-hybridized carbons (Fsp3) is 0.385. The average molecular weight is 453 g/mol. The van der Waals surface area contributed by atoms with Crippen molar-refractivity contribution in [2.45, 2.75) is 70.3 Å². The smallest absolute Gasteiger partial charge is 0.252 e. The third kappa shape index (κ3) is 6.63. The van der Waals surface area contributed by atoms with Crippen molar-refractivity contribution < 1.29 is 14.1 Å². The minimum Gasteiger partial charge on any atom is -0.491 e. The summed E-state index contributed by atoms with van der Waals surface area (Å²) in [5, 5.41) is 7.17. The van der Waals surface area contributed by atoms with Gasteiger partial charge >= 0.3 is 0 Å². The Balaban J connectivity index is 1.55. The highest BCUT2D eigenvalue weighted by Gasteiger charge is 2.16. The molecule has 1 N–H and O–H groups in total. The van der Waals surface area contributed by atoms with Crippen molar-refractivity contribution >= 4 is 17.7 Å². The molecule has 0 bridgehead atoms. The molecule has 0 saturated carbocycles. The summed E-state index contributed by atoms with van der Waals surface area (Å²) in [5.41, 5.74) is 3.92. The lowest BCUT2D eigenvalue weighted by atomic mass is 10.1. The van der Waals surface area contributed by atoms with E-state index >= 15 is 0 Å². The van der Waals surface area contributed by atoms with Crippen LogP contribution in [0, 0.1) is 13.8 Å². The van der Waals surface area contributed by atoms with Gasteiger partial charge in [0.1, 0.15) is 11.5 Å². The summed E-state index contributed by atoms with van der Waals surface area (Å²) in [4.78, 5) is 13.9. The maximum absolute atomic E-state index is 13.0. The Labute approximate surface area is 194 Å². The molecule has 2 aromatic carbocycles. The first-order valence-corrected chi connectivity index (χ1v) is 12.0. The highest BCUT2D eigenvalue weighted by atomic mass is 32.2. The number of hydrogen-bond acceptors (Lipinski definition) is 5. The summed E-state index contributed by atoms with van der Waals surface area (Å²) in [6.07, 6.45) is 1.93. The molecule has 1 unspecified atom stereocenters. The first-order chi connectivity index (χ1) is 15.3. The van der Waals surface area contributed by atoms with Gasteiger partial charge in [-0.2, -0.15) is 0 Å². The maximum Gasteiger partial charge on any atom is 0.252 e. The monoisotopic (exact) mass is 452 g/mol. The van der Waals surface area contributed by atoms with E-state index in [-0.39, 0.29) is 18.1 Å². The van der Waals surface area contributed by atoms with Crippen LogP contribution in [0.15, 0.2) is 57.9 Å². The number of thioether (sulfide) groups is 1. The molecule has 170 valence electrons. The average Bonchev–Trinajstić information content (AvgIpc) is 3.09. The molecule has 5 nitrogen and oxygen atoms in total. The minimum absolute atomic E-state index is 0.0416. The molecule has 0 saturated heterocycles. The molecule has 0 aliphatic carbocycles. The summed E-state index contributed by atoms with van der Waals surface area (Å²) >= 11 is 1.63. The standard InChI is InChI=1S/C26H32N2O3S/c1-17(2)30-22-14-12-21(13-15-22)11-10-18(3)27-26(29)23-8-6-7-9-25(23)32-16-24-19(4)28-31-20(24)5/h6-9,12-15,17-18H,10-11,16H2,1-5H3,(H,27,29). The Morgan fingerprint density at radius 1 is 1.09 bits per heavy atom. The van der Waals surface area contributed by atoms with Gasteiger partial charge in [-0.15, -0.1) is 11.8 Å². The van der Waals surface area contributed by atoms with Crippen molar-refractivity contribution in [3.05, 3.63) is 76.7 Å². The lowest BCUT2D eigenvalue weighted by molar-refractivity contribution is 0.0935. The Morgan fingerprint density at radius 3 is 2.47 bits per heavy atom. The number of carbonyl (C=O) groups excluding carboxylic acids is 1. The van der Waals surface area contributed by atoms with Gasteiger partial charge in [0.05, 0.1) is 17.4 Å². The molecule has 6 heteroatoms. The zero-order chi connectivity index (χ0) is 23.1. The molecule has 0 radical (unpaired) electrons. The molecule has 1 aromatic heterocycles.